The number of carboxylic acid groups (broad SMARTS) is 1. The van der Waals surface area contributed by atoms with Crippen LogP contribution < -0.4 is 10.6 Å². The molecule has 12 heteroatoms. The zero-order valence-corrected chi connectivity index (χ0v) is 24.9. The predicted octanol–water partition coefficient (Wildman–Crippen LogP) is 7.12. The van der Waals surface area contributed by atoms with E-state index < -0.39 is 5.97 Å². The molecule has 214 valence electrons. The Hall–Kier alpha value is -3.90. The minimum atomic E-state index is -1.07. The molecule has 4 atom stereocenters. The average Bonchev–Trinajstić information content (AvgIpc) is 3.38. The Balaban J connectivity index is 1.00. The number of anilines is 4. The topological polar surface area (TPSA) is 131 Å². The molecular weight excluding hydrogens is 569 g/mol. The number of carbonyl (C=O) groups is 1. The third-order valence-electron chi connectivity index (χ3n) is 9.39. The number of carboxylic acids is 1. The Kier molecular flexibility index (Phi) is 5.71. The van der Waals surface area contributed by atoms with E-state index >= 15 is 0 Å². The molecule has 0 aliphatic heterocycles. The minimum absolute atomic E-state index is 0.0118. The molecule has 2 bridgehead atoms. The van der Waals surface area contributed by atoms with E-state index in [1.54, 1.807) is 29.7 Å². The van der Waals surface area contributed by atoms with Gasteiger partial charge in [0.2, 0.25) is 0 Å². The van der Waals surface area contributed by atoms with Gasteiger partial charge in [0.15, 0.2) is 27.6 Å². The van der Waals surface area contributed by atoms with Crippen molar-refractivity contribution in [3.8, 4) is 10.4 Å². The number of nitrogens with one attached hydrogen (secondary N) is 2. The van der Waals surface area contributed by atoms with Crippen LogP contribution in [-0.4, -0.2) is 41.0 Å². The largest absolute Gasteiger partial charge is 0.476 e. The number of rotatable bonds is 8. The molecule has 4 unspecified atom stereocenters. The van der Waals surface area contributed by atoms with Gasteiger partial charge in [-0.25, -0.2) is 14.8 Å². The van der Waals surface area contributed by atoms with Crippen LogP contribution in [0.4, 0.5) is 21.9 Å². The summed E-state index contributed by atoms with van der Waals surface area (Å²) in [5.74, 6) is 1.61. The van der Waals surface area contributed by atoms with Gasteiger partial charge in [0, 0.05) is 17.8 Å². The molecule has 4 aromatic heterocycles. The molecule has 3 aliphatic rings. The Morgan fingerprint density at radius 2 is 1.79 bits per heavy atom. The predicted molar refractivity (Wildman–Crippen MR) is 164 cm³/mol. The maximum atomic E-state index is 12.2. The van der Waals surface area contributed by atoms with Crippen LogP contribution in [0.5, 0.6) is 0 Å². The van der Waals surface area contributed by atoms with Crippen molar-refractivity contribution in [3.63, 3.8) is 0 Å². The van der Waals surface area contributed by atoms with Crippen molar-refractivity contribution < 1.29 is 9.90 Å². The first-order valence-electron chi connectivity index (χ1n) is 14.3. The van der Waals surface area contributed by atoms with E-state index in [2.05, 4.69) is 42.4 Å². The van der Waals surface area contributed by atoms with Crippen LogP contribution in [0, 0.1) is 29.6 Å². The second-order valence-electron chi connectivity index (χ2n) is 12.5. The molecule has 1 spiro atoms. The molecule has 1 aromatic carbocycles. The first-order valence-corrected chi connectivity index (χ1v) is 15.9. The molecule has 3 saturated carbocycles. The van der Waals surface area contributed by atoms with Crippen molar-refractivity contribution in [2.24, 2.45) is 22.7 Å². The highest BCUT2D eigenvalue weighted by atomic mass is 32.1. The molecule has 8 rings (SSSR count). The van der Waals surface area contributed by atoms with Crippen molar-refractivity contribution in [1.82, 2.24) is 29.9 Å². The van der Waals surface area contributed by atoms with E-state index in [0.29, 0.717) is 32.5 Å². The Bertz CT molecular complexity index is 1810. The standard InChI is InChI=1S/C30H30N8O2S2/c1-16-9-29(11-18-12-30(18,10-16)14-29)15-38-17(2)19(13-31-38)25-24(26(39)40)35-28(42-25)34-23-8-7-22(36-37-23)33-27-32-20-5-3-4-6-21(20)41-27/h3-8,13,16,18H,9-12,14-15H2,1-2H3,(H,39,40)(H,32,33,36)(H,34,35,37). The van der Waals surface area contributed by atoms with E-state index in [1.165, 1.54) is 43.4 Å². The first-order chi connectivity index (χ1) is 20.3. The maximum absolute atomic E-state index is 12.2. The number of hydrogen-bond donors (Lipinski definition) is 3. The number of fused-ring (bicyclic) bond motifs is 2. The van der Waals surface area contributed by atoms with Gasteiger partial charge in [-0.2, -0.15) is 5.10 Å². The summed E-state index contributed by atoms with van der Waals surface area (Å²) in [6.45, 7) is 5.35. The minimum Gasteiger partial charge on any atom is -0.476 e. The second-order valence-corrected chi connectivity index (χ2v) is 14.5. The van der Waals surface area contributed by atoms with Crippen molar-refractivity contribution in [2.45, 2.75) is 52.5 Å². The summed E-state index contributed by atoms with van der Waals surface area (Å²) in [6.07, 6.45) is 8.47. The molecule has 0 saturated heterocycles. The smallest absolute Gasteiger partial charge is 0.356 e. The summed E-state index contributed by atoms with van der Waals surface area (Å²) < 4.78 is 3.19. The van der Waals surface area contributed by atoms with Gasteiger partial charge >= 0.3 is 5.97 Å². The van der Waals surface area contributed by atoms with Gasteiger partial charge < -0.3 is 15.7 Å². The van der Waals surface area contributed by atoms with Crippen molar-refractivity contribution in [2.75, 3.05) is 10.6 Å². The lowest BCUT2D eigenvalue weighted by Gasteiger charge is -2.40. The van der Waals surface area contributed by atoms with Crippen LogP contribution in [0.25, 0.3) is 20.7 Å². The normalized spacial score (nSPS) is 25.9. The van der Waals surface area contributed by atoms with E-state index in [0.717, 1.165) is 45.0 Å². The highest BCUT2D eigenvalue weighted by Crippen LogP contribution is 2.76. The van der Waals surface area contributed by atoms with Gasteiger partial charge in [-0.3, -0.25) is 4.68 Å². The van der Waals surface area contributed by atoms with Gasteiger partial charge in [-0.05, 0) is 86.0 Å². The second kappa shape index (κ2) is 9.30. The Labute approximate surface area is 250 Å². The average molecular weight is 599 g/mol. The lowest BCUT2D eigenvalue weighted by molar-refractivity contribution is 0.0692. The van der Waals surface area contributed by atoms with Crippen LogP contribution in [-0.2, 0) is 6.54 Å². The molecule has 4 heterocycles. The summed E-state index contributed by atoms with van der Waals surface area (Å²) in [6, 6.07) is 11.5. The highest BCUT2D eigenvalue weighted by Gasteiger charge is 2.67. The summed E-state index contributed by atoms with van der Waals surface area (Å²) >= 11 is 2.83. The summed E-state index contributed by atoms with van der Waals surface area (Å²) in [7, 11) is 0. The fraction of sp³-hybridized carbons (Fsp3) is 0.400. The number of benzene rings is 1. The lowest BCUT2D eigenvalue weighted by Crippen LogP contribution is -2.33. The highest BCUT2D eigenvalue weighted by molar-refractivity contribution is 7.22. The van der Waals surface area contributed by atoms with Gasteiger partial charge in [-0.15, -0.1) is 10.2 Å². The Morgan fingerprint density at radius 3 is 2.52 bits per heavy atom. The molecule has 10 nitrogen and oxygen atoms in total. The zero-order chi connectivity index (χ0) is 28.6. The number of para-hydroxylation sites is 1. The molecule has 3 aliphatic carbocycles. The van der Waals surface area contributed by atoms with E-state index in [4.69, 9.17) is 5.10 Å². The van der Waals surface area contributed by atoms with Gasteiger partial charge in [0.1, 0.15) is 0 Å². The quantitative estimate of drug-likeness (QED) is 0.171. The SMILES string of the molecule is Cc1c(-c2sc(Nc3ccc(Nc4nc5ccccc5s4)nn3)nc2C(=O)O)cnn1CC12CC(C)CC3(CC3C1)C2. The fourth-order valence-corrected chi connectivity index (χ4v) is 9.80. The van der Waals surface area contributed by atoms with E-state index in [9.17, 15) is 9.90 Å². The van der Waals surface area contributed by atoms with Gasteiger partial charge in [0.25, 0.3) is 0 Å². The van der Waals surface area contributed by atoms with Crippen LogP contribution in [0.3, 0.4) is 0 Å². The van der Waals surface area contributed by atoms with Crippen LogP contribution in [0.1, 0.15) is 55.2 Å². The molecule has 42 heavy (non-hydrogen) atoms. The molecular formula is C30H30N8O2S2. The van der Waals surface area contributed by atoms with Crippen molar-refractivity contribution in [3.05, 3.63) is 54.0 Å². The maximum Gasteiger partial charge on any atom is 0.356 e. The number of aromatic nitrogens is 6. The molecule has 3 fully saturated rings. The summed E-state index contributed by atoms with van der Waals surface area (Å²) in [5.41, 5.74) is 3.66. The molecule has 0 amide bonds. The van der Waals surface area contributed by atoms with Crippen molar-refractivity contribution >= 4 is 60.8 Å². The first kappa shape index (κ1) is 25.8. The summed E-state index contributed by atoms with van der Waals surface area (Å²) in [4.78, 5) is 21.8. The zero-order valence-electron chi connectivity index (χ0n) is 23.3. The van der Waals surface area contributed by atoms with E-state index in [-0.39, 0.29) is 5.69 Å². The number of thiazole rings is 2. The van der Waals surface area contributed by atoms with E-state index in [1.807, 2.05) is 31.2 Å². The number of aromatic carboxylic acids is 1. The molecule has 0 radical (unpaired) electrons. The molecule has 3 N–H and O–H groups in total. The number of nitrogens with zero attached hydrogens (tertiary/aromatic N) is 6. The molecule has 5 aromatic rings. The van der Waals surface area contributed by atoms with Gasteiger partial charge in [-0.1, -0.05) is 41.7 Å². The van der Waals surface area contributed by atoms with Gasteiger partial charge in [0.05, 0.1) is 21.3 Å². The summed E-state index contributed by atoms with van der Waals surface area (Å²) in [5, 5.41) is 30.8. The van der Waals surface area contributed by atoms with Crippen LogP contribution in [0.15, 0.2) is 42.6 Å². The van der Waals surface area contributed by atoms with Crippen LogP contribution >= 0.6 is 22.7 Å². The Morgan fingerprint density at radius 1 is 1.02 bits per heavy atom. The number of hydrogen-bond acceptors (Lipinski definition) is 10. The lowest BCUT2D eigenvalue weighted by atomic mass is 9.67. The fourth-order valence-electron chi connectivity index (χ4n) is 7.90. The monoisotopic (exact) mass is 598 g/mol. The van der Waals surface area contributed by atoms with Crippen molar-refractivity contribution in [1.29, 1.82) is 0 Å². The van der Waals surface area contributed by atoms with Crippen LogP contribution in [0.2, 0.25) is 0 Å². The third kappa shape index (κ3) is 4.35. The third-order valence-corrected chi connectivity index (χ3v) is 11.3.